The summed E-state index contributed by atoms with van der Waals surface area (Å²) in [6.45, 7) is -0.276. The second kappa shape index (κ2) is 6.97. The normalized spacial score (nSPS) is 19.0. The van der Waals surface area contributed by atoms with Crippen LogP contribution in [0.25, 0.3) is 0 Å². The molecule has 1 atom stereocenters. The second-order valence-electron chi connectivity index (χ2n) is 6.82. The van der Waals surface area contributed by atoms with Crippen molar-refractivity contribution in [1.29, 1.82) is 0 Å². The fraction of sp³-hybridized carbons (Fsp3) is 0.200. The van der Waals surface area contributed by atoms with Crippen LogP contribution >= 0.6 is 0 Å². The van der Waals surface area contributed by atoms with Gasteiger partial charge in [-0.3, -0.25) is 19.8 Å². The van der Waals surface area contributed by atoms with Gasteiger partial charge in [-0.15, -0.1) is 0 Å². The van der Waals surface area contributed by atoms with Crippen LogP contribution in [0.5, 0.6) is 0 Å². The third-order valence-corrected chi connectivity index (χ3v) is 5.03. The van der Waals surface area contributed by atoms with Gasteiger partial charge < -0.3 is 4.74 Å². The lowest BCUT2D eigenvalue weighted by Crippen LogP contribution is -2.37. The average molecular weight is 418 g/mol. The number of alkyl halides is 3. The Hall–Kier alpha value is -3.69. The highest BCUT2D eigenvalue weighted by Gasteiger charge is 2.43. The molecule has 0 unspecified atom stereocenters. The molecule has 0 saturated heterocycles. The maximum absolute atomic E-state index is 13.1. The number of nitrogens with zero attached hydrogens (tertiary/aromatic N) is 2. The topological polar surface area (TPSA) is 89.7 Å². The van der Waals surface area contributed by atoms with E-state index in [4.69, 9.17) is 4.74 Å². The van der Waals surface area contributed by atoms with Gasteiger partial charge in [-0.05, 0) is 23.8 Å². The molecule has 1 amide bonds. The van der Waals surface area contributed by atoms with Crippen LogP contribution in [0.15, 0.2) is 59.8 Å². The first-order valence-corrected chi connectivity index (χ1v) is 8.81. The molecule has 0 aliphatic carbocycles. The number of nitro groups is 1. The van der Waals surface area contributed by atoms with Crippen molar-refractivity contribution in [2.24, 2.45) is 0 Å². The standard InChI is InChI=1S/C20H13F3N2O5/c21-20(22,23)12-4-2-5-13(8-12)24-16-10-30-19(27)18(16)15(9-17(24)26)11-3-1-6-14(7-11)25(28)29/h1-8,15H,9-10H2/t15-/m1/s1. The van der Waals surface area contributed by atoms with Gasteiger partial charge in [-0.1, -0.05) is 18.2 Å². The van der Waals surface area contributed by atoms with Crippen molar-refractivity contribution in [2.75, 3.05) is 11.5 Å². The Morgan fingerprint density at radius 1 is 1.10 bits per heavy atom. The minimum absolute atomic E-state index is 0.0295. The van der Waals surface area contributed by atoms with Crippen molar-refractivity contribution >= 4 is 23.3 Å². The third-order valence-electron chi connectivity index (χ3n) is 5.03. The molecular weight excluding hydrogens is 405 g/mol. The van der Waals surface area contributed by atoms with Gasteiger partial charge in [0, 0.05) is 30.2 Å². The number of benzene rings is 2. The van der Waals surface area contributed by atoms with Crippen LogP contribution in [0.2, 0.25) is 0 Å². The van der Waals surface area contributed by atoms with E-state index in [2.05, 4.69) is 0 Å². The predicted octanol–water partition coefficient (Wildman–Crippen LogP) is 3.95. The van der Waals surface area contributed by atoms with Crippen LogP contribution in [0, 0.1) is 10.1 Å². The van der Waals surface area contributed by atoms with Crippen LogP contribution in [0.1, 0.15) is 23.5 Å². The van der Waals surface area contributed by atoms with Crippen molar-refractivity contribution in [3.8, 4) is 0 Å². The lowest BCUT2D eigenvalue weighted by molar-refractivity contribution is -0.384. The molecule has 30 heavy (non-hydrogen) atoms. The van der Waals surface area contributed by atoms with Crippen LogP contribution in [0.4, 0.5) is 24.5 Å². The number of hydrogen-bond donors (Lipinski definition) is 0. The molecule has 2 aromatic carbocycles. The summed E-state index contributed by atoms with van der Waals surface area (Å²) in [6.07, 6.45) is -4.84. The first kappa shape index (κ1) is 19.6. The number of cyclic esters (lactones) is 1. The van der Waals surface area contributed by atoms with E-state index in [1.165, 1.54) is 30.3 Å². The lowest BCUT2D eigenvalue weighted by Gasteiger charge is -2.32. The first-order chi connectivity index (χ1) is 14.2. The maximum Gasteiger partial charge on any atom is 0.416 e. The summed E-state index contributed by atoms with van der Waals surface area (Å²) in [7, 11) is 0. The fourth-order valence-corrected chi connectivity index (χ4v) is 3.71. The van der Waals surface area contributed by atoms with Crippen LogP contribution in [-0.2, 0) is 20.5 Å². The number of esters is 1. The van der Waals surface area contributed by atoms with E-state index in [1.54, 1.807) is 6.07 Å². The van der Waals surface area contributed by atoms with Crippen molar-refractivity contribution in [3.63, 3.8) is 0 Å². The Morgan fingerprint density at radius 2 is 1.83 bits per heavy atom. The van der Waals surface area contributed by atoms with Gasteiger partial charge >= 0.3 is 12.1 Å². The number of carbonyl (C=O) groups is 2. The Bertz CT molecular complexity index is 1110. The molecule has 2 aliphatic rings. The molecule has 0 fully saturated rings. The number of rotatable bonds is 3. The Labute approximate surface area is 167 Å². The number of ether oxygens (including phenoxy) is 1. The molecule has 2 aliphatic heterocycles. The summed E-state index contributed by atoms with van der Waals surface area (Å²) in [4.78, 5) is 36.9. The van der Waals surface area contributed by atoms with E-state index in [0.717, 1.165) is 17.0 Å². The summed E-state index contributed by atoms with van der Waals surface area (Å²) in [5.74, 6) is -2.03. The highest BCUT2D eigenvalue weighted by Crippen LogP contribution is 2.43. The molecule has 154 valence electrons. The van der Waals surface area contributed by atoms with E-state index >= 15 is 0 Å². The zero-order valence-corrected chi connectivity index (χ0v) is 15.2. The molecule has 2 heterocycles. The Kier molecular flexibility index (Phi) is 4.56. The van der Waals surface area contributed by atoms with Gasteiger partial charge in [0.15, 0.2) is 0 Å². The fourth-order valence-electron chi connectivity index (χ4n) is 3.71. The summed E-state index contributed by atoms with van der Waals surface area (Å²) >= 11 is 0. The molecular formula is C20H13F3N2O5. The van der Waals surface area contributed by atoms with Crippen LogP contribution < -0.4 is 4.90 Å². The van der Waals surface area contributed by atoms with E-state index in [1.807, 2.05) is 0 Å². The predicted molar refractivity (Wildman–Crippen MR) is 97.4 cm³/mol. The highest BCUT2D eigenvalue weighted by molar-refractivity contribution is 6.06. The second-order valence-corrected chi connectivity index (χ2v) is 6.82. The van der Waals surface area contributed by atoms with Crippen LogP contribution in [0.3, 0.4) is 0 Å². The van der Waals surface area contributed by atoms with Crippen molar-refractivity contribution in [1.82, 2.24) is 0 Å². The molecule has 0 bridgehead atoms. The smallest absolute Gasteiger partial charge is 0.416 e. The molecule has 2 aromatic rings. The maximum atomic E-state index is 13.1. The number of nitro benzene ring substituents is 1. The molecule has 0 N–H and O–H groups in total. The van der Waals surface area contributed by atoms with Gasteiger partial charge in [0.1, 0.15) is 6.61 Å². The van der Waals surface area contributed by atoms with Gasteiger partial charge in [0.05, 0.1) is 21.8 Å². The highest BCUT2D eigenvalue weighted by atomic mass is 19.4. The van der Waals surface area contributed by atoms with Crippen molar-refractivity contribution < 1.29 is 32.4 Å². The summed E-state index contributed by atoms with van der Waals surface area (Å²) in [5, 5.41) is 11.1. The molecule has 0 saturated carbocycles. The Balaban J connectivity index is 1.81. The third kappa shape index (κ3) is 3.30. The number of anilines is 1. The zero-order valence-electron chi connectivity index (χ0n) is 15.2. The van der Waals surface area contributed by atoms with E-state index in [0.29, 0.717) is 5.56 Å². The number of amides is 1. The van der Waals surface area contributed by atoms with E-state index in [-0.39, 0.29) is 35.7 Å². The number of hydrogen-bond acceptors (Lipinski definition) is 5. The minimum Gasteiger partial charge on any atom is -0.456 e. The summed E-state index contributed by atoms with van der Waals surface area (Å²) in [5.41, 5.74) is -0.514. The van der Waals surface area contributed by atoms with Gasteiger partial charge in [-0.2, -0.15) is 13.2 Å². The van der Waals surface area contributed by atoms with E-state index < -0.39 is 34.5 Å². The molecule has 0 radical (unpaired) electrons. The first-order valence-electron chi connectivity index (χ1n) is 8.81. The molecule has 4 rings (SSSR count). The van der Waals surface area contributed by atoms with E-state index in [9.17, 15) is 32.9 Å². The Morgan fingerprint density at radius 3 is 2.53 bits per heavy atom. The monoisotopic (exact) mass is 418 g/mol. The van der Waals surface area contributed by atoms with Crippen molar-refractivity contribution in [2.45, 2.75) is 18.5 Å². The summed E-state index contributed by atoms with van der Waals surface area (Å²) < 4.78 is 44.4. The number of non-ortho nitro benzene ring substituents is 1. The number of carbonyl (C=O) groups excluding carboxylic acids is 2. The van der Waals surface area contributed by atoms with Gasteiger partial charge in [-0.25, -0.2) is 4.79 Å². The average Bonchev–Trinajstić information content (AvgIpc) is 3.08. The molecule has 0 spiro atoms. The zero-order chi connectivity index (χ0) is 21.6. The lowest BCUT2D eigenvalue weighted by atomic mass is 9.84. The molecule has 10 heteroatoms. The van der Waals surface area contributed by atoms with Gasteiger partial charge in [0.2, 0.25) is 5.91 Å². The molecule has 0 aromatic heterocycles. The van der Waals surface area contributed by atoms with Crippen LogP contribution in [-0.4, -0.2) is 23.4 Å². The van der Waals surface area contributed by atoms with Crippen molar-refractivity contribution in [3.05, 3.63) is 81.0 Å². The largest absolute Gasteiger partial charge is 0.456 e. The SMILES string of the molecule is O=C1OCC2=C1[C@@H](c1cccc([N+](=O)[O-])c1)CC(=O)N2c1cccc(C(F)(F)F)c1. The summed E-state index contributed by atoms with van der Waals surface area (Å²) in [6, 6.07) is 9.79. The molecule has 7 nitrogen and oxygen atoms in total. The van der Waals surface area contributed by atoms with Gasteiger partial charge in [0.25, 0.3) is 5.69 Å². The quantitative estimate of drug-likeness (QED) is 0.428. The minimum atomic E-state index is -4.60. The number of halogens is 3.